The summed E-state index contributed by atoms with van der Waals surface area (Å²) in [6.07, 6.45) is 3.40. The van der Waals surface area contributed by atoms with E-state index in [4.69, 9.17) is 22.1 Å². The van der Waals surface area contributed by atoms with Crippen LogP contribution in [0.1, 0.15) is 12.8 Å². The maximum Gasteiger partial charge on any atom is 0.239 e. The number of aromatic nitrogens is 1. The minimum atomic E-state index is -0.404. The van der Waals surface area contributed by atoms with Crippen LogP contribution in [0.25, 0.3) is 0 Å². The second-order valence-electron chi connectivity index (χ2n) is 6.12. The predicted molar refractivity (Wildman–Crippen MR) is 104 cm³/mol. The summed E-state index contributed by atoms with van der Waals surface area (Å²) in [5.41, 5.74) is 6.20. The van der Waals surface area contributed by atoms with Gasteiger partial charge in [0.25, 0.3) is 0 Å². The van der Waals surface area contributed by atoms with Gasteiger partial charge in [0.15, 0.2) is 0 Å². The molecule has 0 radical (unpaired) electrons. The molecule has 3 rings (SSSR count). The molecular weight excluding hydrogens is 387 g/mol. The normalized spacial score (nSPS) is 19.6. The molecule has 6 nitrogen and oxygen atoms in total. The first kappa shape index (κ1) is 22.3. The first-order valence-corrected chi connectivity index (χ1v) is 8.51. The van der Waals surface area contributed by atoms with Gasteiger partial charge in [-0.15, -0.1) is 24.8 Å². The molecule has 2 aliphatic rings. The molecule has 1 atom stereocenters. The summed E-state index contributed by atoms with van der Waals surface area (Å²) < 4.78 is 5.34. The summed E-state index contributed by atoms with van der Waals surface area (Å²) >= 11 is 5.87. The molecule has 0 spiro atoms. The van der Waals surface area contributed by atoms with Crippen LogP contribution in [0.3, 0.4) is 0 Å². The SMILES string of the molecule is Cl.Cl.NC(C(=O)N1CCN(c2ccc(Cl)cn2)CC1)C1CCOCC1. The van der Waals surface area contributed by atoms with Gasteiger partial charge in [0.05, 0.1) is 11.1 Å². The second kappa shape index (κ2) is 10.4. The lowest BCUT2D eigenvalue weighted by Gasteiger charge is -2.38. The molecule has 2 aliphatic heterocycles. The Kier molecular flexibility index (Phi) is 9.24. The highest BCUT2D eigenvalue weighted by molar-refractivity contribution is 6.30. The number of rotatable bonds is 3. The standard InChI is InChI=1S/C16H23ClN4O2.2ClH/c17-13-1-2-14(19-11-13)20-5-7-21(8-6-20)16(22)15(18)12-3-9-23-10-4-12;;/h1-2,11-12,15H,3-10,18H2;2*1H. The zero-order valence-electron chi connectivity index (χ0n) is 14.0. The van der Waals surface area contributed by atoms with Crippen molar-refractivity contribution >= 4 is 48.1 Å². The van der Waals surface area contributed by atoms with Crippen LogP contribution >= 0.6 is 36.4 Å². The van der Waals surface area contributed by atoms with E-state index in [-0.39, 0.29) is 36.6 Å². The Hall–Kier alpha value is -0.790. The van der Waals surface area contributed by atoms with Gasteiger partial charge in [-0.25, -0.2) is 4.98 Å². The van der Waals surface area contributed by atoms with E-state index in [0.717, 1.165) is 31.7 Å². The summed E-state index contributed by atoms with van der Waals surface area (Å²) in [6.45, 7) is 4.31. The smallest absolute Gasteiger partial charge is 0.239 e. The number of carbonyl (C=O) groups excluding carboxylic acids is 1. The van der Waals surface area contributed by atoms with Gasteiger partial charge in [0.2, 0.25) is 5.91 Å². The number of halogens is 3. The molecule has 2 fully saturated rings. The highest BCUT2D eigenvalue weighted by Crippen LogP contribution is 2.20. The van der Waals surface area contributed by atoms with E-state index in [1.165, 1.54) is 0 Å². The number of hydrogen-bond acceptors (Lipinski definition) is 5. The summed E-state index contributed by atoms with van der Waals surface area (Å²) in [7, 11) is 0. The molecular formula is C16H25Cl3N4O2. The quantitative estimate of drug-likeness (QED) is 0.823. The molecule has 1 aromatic heterocycles. The van der Waals surface area contributed by atoms with Gasteiger partial charge in [-0.05, 0) is 30.9 Å². The third-order valence-electron chi connectivity index (χ3n) is 4.69. The van der Waals surface area contributed by atoms with Crippen molar-refractivity contribution in [1.29, 1.82) is 0 Å². The Morgan fingerprint density at radius 1 is 1.20 bits per heavy atom. The van der Waals surface area contributed by atoms with Gasteiger partial charge in [0.1, 0.15) is 5.82 Å². The van der Waals surface area contributed by atoms with Crippen molar-refractivity contribution in [3.05, 3.63) is 23.4 Å². The number of pyridine rings is 1. The van der Waals surface area contributed by atoms with Gasteiger partial charge in [-0.2, -0.15) is 0 Å². The predicted octanol–water partition coefficient (Wildman–Crippen LogP) is 1.98. The fourth-order valence-electron chi connectivity index (χ4n) is 3.20. The minimum Gasteiger partial charge on any atom is -0.381 e. The fraction of sp³-hybridized carbons (Fsp3) is 0.625. The van der Waals surface area contributed by atoms with E-state index in [1.807, 2.05) is 17.0 Å². The maximum absolute atomic E-state index is 12.6. The van der Waals surface area contributed by atoms with E-state index >= 15 is 0 Å². The Bertz CT molecular complexity index is 533. The average Bonchev–Trinajstić information content (AvgIpc) is 2.62. The zero-order valence-corrected chi connectivity index (χ0v) is 16.4. The number of hydrogen-bond donors (Lipinski definition) is 1. The molecule has 2 N–H and O–H groups in total. The molecule has 2 saturated heterocycles. The highest BCUT2D eigenvalue weighted by atomic mass is 35.5. The van der Waals surface area contributed by atoms with Crippen LogP contribution in [-0.4, -0.2) is 61.2 Å². The van der Waals surface area contributed by atoms with Crippen molar-refractivity contribution in [3.63, 3.8) is 0 Å². The summed E-state index contributed by atoms with van der Waals surface area (Å²) in [6, 6.07) is 3.34. The van der Waals surface area contributed by atoms with Crippen molar-refractivity contribution in [2.75, 3.05) is 44.3 Å². The van der Waals surface area contributed by atoms with E-state index in [0.29, 0.717) is 31.3 Å². The number of piperazine rings is 1. The molecule has 1 amide bonds. The molecule has 0 aromatic carbocycles. The second-order valence-corrected chi connectivity index (χ2v) is 6.56. The number of ether oxygens (including phenoxy) is 1. The van der Waals surface area contributed by atoms with Crippen LogP contribution in [0.4, 0.5) is 5.82 Å². The van der Waals surface area contributed by atoms with Gasteiger partial charge < -0.3 is 20.3 Å². The number of nitrogens with two attached hydrogens (primary N) is 1. The van der Waals surface area contributed by atoms with Crippen molar-refractivity contribution < 1.29 is 9.53 Å². The fourth-order valence-corrected chi connectivity index (χ4v) is 3.31. The van der Waals surface area contributed by atoms with Gasteiger partial charge >= 0.3 is 0 Å². The summed E-state index contributed by atoms with van der Waals surface area (Å²) in [5.74, 6) is 1.21. The molecule has 0 aliphatic carbocycles. The van der Waals surface area contributed by atoms with Crippen molar-refractivity contribution in [2.45, 2.75) is 18.9 Å². The van der Waals surface area contributed by atoms with Crippen molar-refractivity contribution in [3.8, 4) is 0 Å². The minimum absolute atomic E-state index is 0. The molecule has 142 valence electrons. The topological polar surface area (TPSA) is 71.7 Å². The number of carbonyl (C=O) groups is 1. The molecule has 0 saturated carbocycles. The van der Waals surface area contributed by atoms with Crippen molar-refractivity contribution in [1.82, 2.24) is 9.88 Å². The van der Waals surface area contributed by atoms with Crippen molar-refractivity contribution in [2.24, 2.45) is 11.7 Å². The zero-order chi connectivity index (χ0) is 16.2. The van der Waals surface area contributed by atoms with E-state index in [1.54, 1.807) is 6.20 Å². The maximum atomic E-state index is 12.6. The first-order chi connectivity index (χ1) is 11.1. The Morgan fingerprint density at radius 2 is 1.84 bits per heavy atom. The van der Waals surface area contributed by atoms with Gasteiger partial charge in [0, 0.05) is 45.6 Å². The molecule has 1 unspecified atom stereocenters. The molecule has 9 heteroatoms. The van der Waals surface area contributed by atoms with E-state index in [2.05, 4.69) is 9.88 Å². The largest absolute Gasteiger partial charge is 0.381 e. The highest BCUT2D eigenvalue weighted by Gasteiger charge is 2.31. The average molecular weight is 412 g/mol. The van der Waals surface area contributed by atoms with E-state index < -0.39 is 6.04 Å². The molecule has 3 heterocycles. The Labute approximate surface area is 165 Å². The number of nitrogens with zero attached hydrogens (tertiary/aromatic N) is 3. The van der Waals surface area contributed by atoms with Crippen LogP contribution in [0.2, 0.25) is 5.02 Å². The summed E-state index contributed by atoms with van der Waals surface area (Å²) in [5, 5.41) is 0.630. The molecule has 1 aromatic rings. The molecule has 25 heavy (non-hydrogen) atoms. The van der Waals surface area contributed by atoms with Crippen LogP contribution in [-0.2, 0) is 9.53 Å². The third kappa shape index (κ3) is 5.59. The van der Waals surface area contributed by atoms with Crippen LogP contribution in [0.15, 0.2) is 18.3 Å². The Balaban J connectivity index is 0.00000156. The molecule has 0 bridgehead atoms. The van der Waals surface area contributed by atoms with Crippen LogP contribution < -0.4 is 10.6 Å². The summed E-state index contributed by atoms with van der Waals surface area (Å²) in [4.78, 5) is 21.0. The van der Waals surface area contributed by atoms with Gasteiger partial charge in [-0.3, -0.25) is 4.79 Å². The monoisotopic (exact) mass is 410 g/mol. The first-order valence-electron chi connectivity index (χ1n) is 8.14. The van der Waals surface area contributed by atoms with E-state index in [9.17, 15) is 4.79 Å². The lowest BCUT2D eigenvalue weighted by atomic mass is 9.91. The number of anilines is 1. The third-order valence-corrected chi connectivity index (χ3v) is 4.91. The Morgan fingerprint density at radius 3 is 2.40 bits per heavy atom. The lowest BCUT2D eigenvalue weighted by Crippen LogP contribution is -2.55. The number of amides is 1. The van der Waals surface area contributed by atoms with Crippen LogP contribution in [0, 0.1) is 5.92 Å². The lowest BCUT2D eigenvalue weighted by molar-refractivity contribution is -0.135. The van der Waals surface area contributed by atoms with Gasteiger partial charge in [-0.1, -0.05) is 11.6 Å². The van der Waals surface area contributed by atoms with Crippen LogP contribution in [0.5, 0.6) is 0 Å².